The molecule has 2 fully saturated rings. The van der Waals surface area contributed by atoms with Crippen molar-refractivity contribution in [2.24, 2.45) is 0 Å². The molecular formula is C17H26ClN5O. The summed E-state index contributed by atoms with van der Waals surface area (Å²) in [4.78, 5) is 22.3. The molecule has 2 aromatic heterocycles. The largest absolute Gasteiger partial charge is 0.327 e. The molecule has 4 rings (SSSR count). The lowest BCUT2D eigenvalue weighted by Crippen LogP contribution is -2.33. The van der Waals surface area contributed by atoms with Crippen LogP contribution in [0.3, 0.4) is 0 Å². The third-order valence-electron chi connectivity index (χ3n) is 5.46. The van der Waals surface area contributed by atoms with E-state index in [0.717, 1.165) is 50.2 Å². The van der Waals surface area contributed by atoms with Crippen LogP contribution in [0.2, 0.25) is 0 Å². The number of halogens is 1. The van der Waals surface area contributed by atoms with Gasteiger partial charge in [0.2, 0.25) is 0 Å². The van der Waals surface area contributed by atoms with E-state index in [1.165, 1.54) is 18.4 Å². The van der Waals surface area contributed by atoms with E-state index in [1.54, 1.807) is 0 Å². The van der Waals surface area contributed by atoms with Crippen LogP contribution < -0.4 is 11.0 Å². The Morgan fingerprint density at radius 2 is 1.88 bits per heavy atom. The zero-order valence-electron chi connectivity index (χ0n) is 14.1. The Bertz CT molecular complexity index is 741. The number of hydrogen-bond acceptors (Lipinski definition) is 4. The number of H-pyrrole nitrogens is 1. The standard InChI is InChI=1S/C17H25N5O.ClH/c1-21-8-4-12(5-9-21)13-10-15-16(19-11-13)20-17(23)22(15)14-2-6-18-7-3-14;/h10-12,14,18H,2-9H2,1H3,(H,19,20,23);1H. The molecule has 0 spiro atoms. The molecule has 132 valence electrons. The molecule has 2 aliphatic rings. The summed E-state index contributed by atoms with van der Waals surface area (Å²) in [5.74, 6) is 0.564. The van der Waals surface area contributed by atoms with Gasteiger partial charge in [0.15, 0.2) is 5.65 Å². The molecule has 0 atom stereocenters. The summed E-state index contributed by atoms with van der Waals surface area (Å²) >= 11 is 0. The number of imidazole rings is 1. The molecule has 2 aromatic rings. The number of piperidine rings is 2. The normalized spacial score (nSPS) is 21.0. The Labute approximate surface area is 148 Å². The van der Waals surface area contributed by atoms with Gasteiger partial charge >= 0.3 is 5.69 Å². The number of aromatic amines is 1. The molecule has 0 aromatic carbocycles. The highest BCUT2D eigenvalue weighted by Crippen LogP contribution is 2.29. The summed E-state index contributed by atoms with van der Waals surface area (Å²) in [6.45, 7) is 4.23. The molecule has 6 nitrogen and oxygen atoms in total. The van der Waals surface area contributed by atoms with Crippen molar-refractivity contribution in [2.75, 3.05) is 33.2 Å². The smallest absolute Gasteiger partial charge is 0.317 e. The zero-order valence-corrected chi connectivity index (χ0v) is 14.9. The van der Waals surface area contributed by atoms with Gasteiger partial charge in [0.25, 0.3) is 0 Å². The Balaban J connectivity index is 0.00000169. The summed E-state index contributed by atoms with van der Waals surface area (Å²) in [5.41, 5.74) is 2.98. The van der Waals surface area contributed by atoms with E-state index in [-0.39, 0.29) is 24.1 Å². The molecule has 0 aliphatic carbocycles. The average molecular weight is 352 g/mol. The first-order valence-electron chi connectivity index (χ1n) is 8.72. The number of likely N-dealkylation sites (tertiary alicyclic amines) is 1. The van der Waals surface area contributed by atoms with Crippen LogP contribution in [0.5, 0.6) is 0 Å². The number of nitrogens with one attached hydrogen (secondary N) is 2. The molecule has 0 amide bonds. The number of hydrogen-bond donors (Lipinski definition) is 2. The molecule has 0 radical (unpaired) electrons. The van der Waals surface area contributed by atoms with E-state index in [1.807, 2.05) is 10.8 Å². The molecule has 4 heterocycles. The van der Waals surface area contributed by atoms with Crippen LogP contribution >= 0.6 is 12.4 Å². The van der Waals surface area contributed by atoms with Crippen LogP contribution in [0.1, 0.15) is 43.2 Å². The average Bonchev–Trinajstić information content (AvgIpc) is 2.91. The van der Waals surface area contributed by atoms with Gasteiger partial charge in [-0.2, -0.15) is 0 Å². The van der Waals surface area contributed by atoms with Gasteiger partial charge in [-0.3, -0.25) is 9.55 Å². The van der Waals surface area contributed by atoms with E-state index in [2.05, 4.69) is 33.3 Å². The lowest BCUT2D eigenvalue weighted by atomic mass is 9.90. The lowest BCUT2D eigenvalue weighted by Gasteiger charge is -2.29. The lowest BCUT2D eigenvalue weighted by molar-refractivity contribution is 0.255. The summed E-state index contributed by atoms with van der Waals surface area (Å²) in [6.07, 6.45) is 6.31. The van der Waals surface area contributed by atoms with E-state index in [9.17, 15) is 4.79 Å². The predicted octanol–water partition coefficient (Wildman–Crippen LogP) is 1.88. The van der Waals surface area contributed by atoms with Crippen molar-refractivity contribution in [3.8, 4) is 0 Å². The van der Waals surface area contributed by atoms with Crippen molar-refractivity contribution >= 4 is 23.6 Å². The topological polar surface area (TPSA) is 66.0 Å². The fourth-order valence-electron chi connectivity index (χ4n) is 4.01. The highest BCUT2D eigenvalue weighted by Gasteiger charge is 2.23. The Morgan fingerprint density at radius 1 is 1.17 bits per heavy atom. The predicted molar refractivity (Wildman–Crippen MR) is 98.2 cm³/mol. The first-order valence-corrected chi connectivity index (χ1v) is 8.72. The fraction of sp³-hybridized carbons (Fsp3) is 0.647. The van der Waals surface area contributed by atoms with Crippen molar-refractivity contribution in [3.63, 3.8) is 0 Å². The Hall–Kier alpha value is -1.37. The minimum absolute atomic E-state index is 0. The molecule has 0 saturated carbocycles. The molecule has 2 N–H and O–H groups in total. The minimum atomic E-state index is -0.0140. The van der Waals surface area contributed by atoms with Crippen LogP contribution in [-0.2, 0) is 0 Å². The first kappa shape index (κ1) is 17.5. The van der Waals surface area contributed by atoms with Gasteiger partial charge in [0, 0.05) is 12.2 Å². The minimum Gasteiger partial charge on any atom is -0.317 e. The van der Waals surface area contributed by atoms with E-state index in [4.69, 9.17) is 0 Å². The number of pyridine rings is 1. The zero-order chi connectivity index (χ0) is 15.8. The van der Waals surface area contributed by atoms with Crippen molar-refractivity contribution in [1.29, 1.82) is 0 Å². The number of fused-ring (bicyclic) bond motifs is 1. The second kappa shape index (κ2) is 7.25. The number of rotatable bonds is 2. The molecule has 2 aliphatic heterocycles. The third-order valence-corrected chi connectivity index (χ3v) is 5.46. The fourth-order valence-corrected chi connectivity index (χ4v) is 4.01. The van der Waals surface area contributed by atoms with Gasteiger partial charge in [-0.05, 0) is 76.5 Å². The van der Waals surface area contributed by atoms with Crippen molar-refractivity contribution in [3.05, 3.63) is 28.3 Å². The quantitative estimate of drug-likeness (QED) is 0.867. The van der Waals surface area contributed by atoms with Crippen LogP contribution in [0.4, 0.5) is 0 Å². The van der Waals surface area contributed by atoms with Crippen molar-refractivity contribution in [2.45, 2.75) is 37.6 Å². The summed E-state index contributed by atoms with van der Waals surface area (Å²) in [5, 5.41) is 3.37. The second-order valence-electron chi connectivity index (χ2n) is 7.00. The molecular weight excluding hydrogens is 326 g/mol. The van der Waals surface area contributed by atoms with Crippen molar-refractivity contribution < 1.29 is 0 Å². The highest BCUT2D eigenvalue weighted by atomic mass is 35.5. The van der Waals surface area contributed by atoms with E-state index in [0.29, 0.717) is 5.92 Å². The molecule has 2 saturated heterocycles. The molecule has 7 heteroatoms. The second-order valence-corrected chi connectivity index (χ2v) is 7.00. The number of aromatic nitrogens is 3. The van der Waals surface area contributed by atoms with Gasteiger partial charge in [-0.25, -0.2) is 9.78 Å². The number of nitrogens with zero attached hydrogens (tertiary/aromatic N) is 3. The highest BCUT2D eigenvalue weighted by molar-refractivity contribution is 5.85. The van der Waals surface area contributed by atoms with Crippen LogP contribution in [0.15, 0.2) is 17.1 Å². The van der Waals surface area contributed by atoms with Crippen LogP contribution in [0, 0.1) is 0 Å². The van der Waals surface area contributed by atoms with Gasteiger partial charge < -0.3 is 10.2 Å². The maximum atomic E-state index is 12.4. The molecule has 0 bridgehead atoms. The maximum Gasteiger partial charge on any atom is 0.327 e. The first-order chi connectivity index (χ1) is 11.2. The van der Waals surface area contributed by atoms with Crippen molar-refractivity contribution in [1.82, 2.24) is 24.8 Å². The molecule has 24 heavy (non-hydrogen) atoms. The SMILES string of the molecule is CN1CCC(c2cnc3[nH]c(=O)n(C4CCNCC4)c3c2)CC1.Cl. The molecule has 0 unspecified atom stereocenters. The van der Waals surface area contributed by atoms with Crippen LogP contribution in [0.25, 0.3) is 11.2 Å². The summed E-state index contributed by atoms with van der Waals surface area (Å²) in [7, 11) is 2.18. The third kappa shape index (κ3) is 3.23. The van der Waals surface area contributed by atoms with Gasteiger partial charge in [0.1, 0.15) is 0 Å². The Morgan fingerprint density at radius 3 is 2.58 bits per heavy atom. The summed E-state index contributed by atoms with van der Waals surface area (Å²) in [6, 6.07) is 2.49. The van der Waals surface area contributed by atoms with Gasteiger partial charge in [-0.15, -0.1) is 12.4 Å². The van der Waals surface area contributed by atoms with E-state index < -0.39 is 0 Å². The van der Waals surface area contributed by atoms with E-state index >= 15 is 0 Å². The van der Waals surface area contributed by atoms with Gasteiger partial charge in [0.05, 0.1) is 5.52 Å². The Kier molecular flexibility index (Phi) is 5.27. The van der Waals surface area contributed by atoms with Crippen LogP contribution in [-0.4, -0.2) is 52.7 Å². The summed E-state index contributed by atoms with van der Waals surface area (Å²) < 4.78 is 1.95. The maximum absolute atomic E-state index is 12.4. The van der Waals surface area contributed by atoms with Gasteiger partial charge in [-0.1, -0.05) is 0 Å². The monoisotopic (exact) mass is 351 g/mol.